The van der Waals surface area contributed by atoms with Gasteiger partial charge in [0.05, 0.1) is 7.11 Å². The molecule has 3 aromatic carbocycles. The number of benzene rings is 3. The van der Waals surface area contributed by atoms with Crippen LogP contribution in [0.4, 0.5) is 4.39 Å². The van der Waals surface area contributed by atoms with Crippen LogP contribution in [0.25, 0.3) is 22.3 Å². The number of halogens is 1. The van der Waals surface area contributed by atoms with Crippen molar-refractivity contribution in [2.45, 2.75) is 13.8 Å². The standard InChI is InChI=1S/C27H23FO5/c1-16(2)26(29)32-20-10-6-18(7-11-20)22-15-25(31-5)23(14-24(22)28)19-8-12-21(13-9-19)33-27(30)17(3)4/h6-15H,1,3H2,2,4-5H3. The monoisotopic (exact) mass is 446 g/mol. The molecule has 0 bridgehead atoms. The minimum atomic E-state index is -0.527. The molecule has 0 aromatic heterocycles. The Morgan fingerprint density at radius 2 is 1.15 bits per heavy atom. The van der Waals surface area contributed by atoms with Crippen LogP contribution in [0.3, 0.4) is 0 Å². The Bertz CT molecular complexity index is 1220. The highest BCUT2D eigenvalue weighted by Gasteiger charge is 2.15. The number of hydrogen-bond acceptors (Lipinski definition) is 5. The van der Waals surface area contributed by atoms with Crippen LogP contribution in [0.15, 0.2) is 85.0 Å². The van der Waals surface area contributed by atoms with Crippen molar-refractivity contribution in [3.05, 3.63) is 90.8 Å². The molecule has 0 atom stereocenters. The molecule has 0 unspecified atom stereocenters. The summed E-state index contributed by atoms with van der Waals surface area (Å²) >= 11 is 0. The number of hydrogen-bond donors (Lipinski definition) is 0. The summed E-state index contributed by atoms with van der Waals surface area (Å²) in [6.45, 7) is 10.2. The van der Waals surface area contributed by atoms with Crippen molar-refractivity contribution < 1.29 is 28.2 Å². The smallest absolute Gasteiger partial charge is 0.338 e. The van der Waals surface area contributed by atoms with E-state index < -0.39 is 17.8 Å². The molecule has 6 heteroatoms. The molecule has 0 N–H and O–H groups in total. The molecule has 168 valence electrons. The van der Waals surface area contributed by atoms with E-state index in [1.54, 1.807) is 68.4 Å². The first-order valence-corrected chi connectivity index (χ1v) is 10.0. The lowest BCUT2D eigenvalue weighted by Crippen LogP contribution is -2.08. The van der Waals surface area contributed by atoms with Crippen molar-refractivity contribution in [2.24, 2.45) is 0 Å². The molecule has 0 aliphatic rings. The van der Waals surface area contributed by atoms with Gasteiger partial charge in [0.1, 0.15) is 23.1 Å². The number of carbonyl (C=O) groups is 2. The van der Waals surface area contributed by atoms with Gasteiger partial charge in [-0.3, -0.25) is 0 Å². The fourth-order valence-electron chi connectivity index (χ4n) is 2.96. The second kappa shape index (κ2) is 9.96. The Kier molecular flexibility index (Phi) is 7.08. The summed E-state index contributed by atoms with van der Waals surface area (Å²) in [5, 5.41) is 0. The summed E-state index contributed by atoms with van der Waals surface area (Å²) in [4.78, 5) is 23.3. The van der Waals surface area contributed by atoms with E-state index in [0.717, 1.165) is 0 Å². The summed E-state index contributed by atoms with van der Waals surface area (Å²) in [5.74, 6) is -0.332. The van der Waals surface area contributed by atoms with Crippen LogP contribution in [-0.4, -0.2) is 19.0 Å². The zero-order valence-corrected chi connectivity index (χ0v) is 18.6. The second-order valence-corrected chi connectivity index (χ2v) is 7.42. The molecule has 5 nitrogen and oxygen atoms in total. The number of esters is 2. The third kappa shape index (κ3) is 5.54. The molecule has 0 spiro atoms. The summed E-state index contributed by atoms with van der Waals surface area (Å²) in [6.07, 6.45) is 0. The van der Waals surface area contributed by atoms with E-state index in [1.165, 1.54) is 13.2 Å². The Labute approximate surface area is 191 Å². The van der Waals surface area contributed by atoms with E-state index in [0.29, 0.717) is 45.1 Å². The first-order chi connectivity index (χ1) is 15.7. The molecule has 33 heavy (non-hydrogen) atoms. The van der Waals surface area contributed by atoms with Gasteiger partial charge in [0, 0.05) is 22.3 Å². The molecule has 0 fully saturated rings. The summed E-state index contributed by atoms with van der Waals surface area (Å²) in [6, 6.07) is 16.1. The number of rotatable bonds is 7. The van der Waals surface area contributed by atoms with Crippen molar-refractivity contribution in [3.63, 3.8) is 0 Å². The Balaban J connectivity index is 1.88. The topological polar surface area (TPSA) is 61.8 Å². The molecule has 0 saturated heterocycles. The lowest BCUT2D eigenvalue weighted by Gasteiger charge is -2.13. The van der Waals surface area contributed by atoms with Gasteiger partial charge < -0.3 is 14.2 Å². The maximum Gasteiger partial charge on any atom is 0.338 e. The fraction of sp³-hybridized carbons (Fsp3) is 0.111. The Morgan fingerprint density at radius 1 is 0.727 bits per heavy atom. The average Bonchev–Trinajstić information content (AvgIpc) is 2.80. The van der Waals surface area contributed by atoms with Crippen molar-refractivity contribution in [3.8, 4) is 39.5 Å². The van der Waals surface area contributed by atoms with E-state index in [4.69, 9.17) is 14.2 Å². The zero-order chi connectivity index (χ0) is 24.1. The third-order valence-corrected chi connectivity index (χ3v) is 4.74. The summed E-state index contributed by atoms with van der Waals surface area (Å²) < 4.78 is 30.9. The van der Waals surface area contributed by atoms with Gasteiger partial charge in [-0.25, -0.2) is 14.0 Å². The van der Waals surface area contributed by atoms with Gasteiger partial charge in [0.2, 0.25) is 0 Å². The number of ether oxygens (including phenoxy) is 3. The van der Waals surface area contributed by atoms with Gasteiger partial charge in [0.15, 0.2) is 0 Å². The highest BCUT2D eigenvalue weighted by molar-refractivity contribution is 5.89. The van der Waals surface area contributed by atoms with Gasteiger partial charge in [-0.1, -0.05) is 37.4 Å². The van der Waals surface area contributed by atoms with Crippen LogP contribution in [0.2, 0.25) is 0 Å². The summed E-state index contributed by atoms with van der Waals surface area (Å²) in [5.41, 5.74) is 2.74. The number of carbonyl (C=O) groups excluding carboxylic acids is 2. The maximum atomic E-state index is 15.1. The molecular weight excluding hydrogens is 423 g/mol. The van der Waals surface area contributed by atoms with Gasteiger partial charge >= 0.3 is 11.9 Å². The molecular formula is C27H23FO5. The first-order valence-electron chi connectivity index (χ1n) is 10.0. The van der Waals surface area contributed by atoms with Crippen molar-refractivity contribution in [1.29, 1.82) is 0 Å². The molecule has 3 rings (SSSR count). The predicted octanol–water partition coefficient (Wildman–Crippen LogP) is 6.13. The number of methoxy groups -OCH3 is 1. The van der Waals surface area contributed by atoms with Crippen LogP contribution in [-0.2, 0) is 9.59 Å². The van der Waals surface area contributed by atoms with Gasteiger partial charge in [-0.15, -0.1) is 0 Å². The minimum absolute atomic E-state index is 0.285. The van der Waals surface area contributed by atoms with Gasteiger partial charge in [-0.05, 0) is 61.4 Å². The molecule has 3 aromatic rings. The van der Waals surface area contributed by atoms with Crippen LogP contribution in [0.5, 0.6) is 17.2 Å². The zero-order valence-electron chi connectivity index (χ0n) is 18.6. The van der Waals surface area contributed by atoms with Gasteiger partial charge in [0.25, 0.3) is 0 Å². The first kappa shape index (κ1) is 23.5. The van der Waals surface area contributed by atoms with Crippen LogP contribution in [0, 0.1) is 5.82 Å². The van der Waals surface area contributed by atoms with E-state index in [-0.39, 0.29) is 5.57 Å². The molecule has 0 saturated carbocycles. The normalized spacial score (nSPS) is 10.3. The minimum Gasteiger partial charge on any atom is -0.496 e. The largest absolute Gasteiger partial charge is 0.496 e. The fourth-order valence-corrected chi connectivity index (χ4v) is 2.96. The van der Waals surface area contributed by atoms with E-state index in [2.05, 4.69) is 13.2 Å². The van der Waals surface area contributed by atoms with Crippen LogP contribution < -0.4 is 14.2 Å². The molecule has 0 aliphatic carbocycles. The summed E-state index contributed by atoms with van der Waals surface area (Å²) in [7, 11) is 1.50. The molecule has 0 radical (unpaired) electrons. The van der Waals surface area contributed by atoms with Crippen molar-refractivity contribution in [1.82, 2.24) is 0 Å². The molecule has 0 aliphatic heterocycles. The highest BCUT2D eigenvalue weighted by atomic mass is 19.1. The second-order valence-electron chi connectivity index (χ2n) is 7.42. The van der Waals surface area contributed by atoms with E-state index >= 15 is 4.39 Å². The molecule has 0 heterocycles. The maximum absolute atomic E-state index is 15.1. The predicted molar refractivity (Wildman–Crippen MR) is 125 cm³/mol. The third-order valence-electron chi connectivity index (χ3n) is 4.74. The van der Waals surface area contributed by atoms with Crippen molar-refractivity contribution >= 4 is 11.9 Å². The van der Waals surface area contributed by atoms with E-state index in [1.807, 2.05) is 0 Å². The van der Waals surface area contributed by atoms with Crippen molar-refractivity contribution in [2.75, 3.05) is 7.11 Å². The quantitative estimate of drug-likeness (QED) is 0.248. The average molecular weight is 446 g/mol. The lowest BCUT2D eigenvalue weighted by atomic mass is 9.98. The SMILES string of the molecule is C=C(C)C(=O)Oc1ccc(-c2cc(OC)c(-c3ccc(OC(=O)C(=C)C)cc3)cc2F)cc1. The highest BCUT2D eigenvalue weighted by Crippen LogP contribution is 2.37. The Morgan fingerprint density at radius 3 is 1.55 bits per heavy atom. The van der Waals surface area contributed by atoms with Crippen LogP contribution in [0.1, 0.15) is 13.8 Å². The Hall–Kier alpha value is -4.19. The lowest BCUT2D eigenvalue weighted by molar-refractivity contribution is -0.130. The van der Waals surface area contributed by atoms with Crippen LogP contribution >= 0.6 is 0 Å². The van der Waals surface area contributed by atoms with Gasteiger partial charge in [-0.2, -0.15) is 0 Å². The van der Waals surface area contributed by atoms with E-state index in [9.17, 15) is 9.59 Å². The molecule has 0 amide bonds.